The van der Waals surface area contributed by atoms with Gasteiger partial charge in [-0.05, 0) is 31.6 Å². The van der Waals surface area contributed by atoms with Crippen LogP contribution >= 0.6 is 11.8 Å². The second kappa shape index (κ2) is 8.79. The zero-order valence-electron chi connectivity index (χ0n) is 16.3. The fourth-order valence-electron chi connectivity index (χ4n) is 3.02. The molecule has 0 saturated carbocycles. The van der Waals surface area contributed by atoms with Crippen LogP contribution in [-0.2, 0) is 27.2 Å². The smallest absolute Gasteiger partial charge is 0.406 e. The number of ether oxygens (including phenoxy) is 2. The molecular formula is C20H25N3O4S. The van der Waals surface area contributed by atoms with Crippen LogP contribution in [0.25, 0.3) is 11.4 Å². The molecule has 2 N–H and O–H groups in total. The maximum atomic E-state index is 12.3. The number of carbonyl (C=O) groups excluding carboxylic acids is 1. The molecule has 2 aromatic rings. The number of carbonyl (C=O) groups is 1. The quantitative estimate of drug-likeness (QED) is 0.721. The largest absolute Gasteiger partial charge is 0.453 e. The van der Waals surface area contributed by atoms with Gasteiger partial charge >= 0.3 is 6.09 Å². The number of aryl methyl sites for hydroxylation is 1. The summed E-state index contributed by atoms with van der Waals surface area (Å²) in [5.41, 5.74) is 2.99. The van der Waals surface area contributed by atoms with Crippen molar-refractivity contribution in [2.45, 2.75) is 31.6 Å². The van der Waals surface area contributed by atoms with Gasteiger partial charge in [0.1, 0.15) is 5.82 Å². The molecular weight excluding hydrogens is 378 g/mol. The standard InChI is InChI=1S/C20H25N3O4S/c1-20(2,27-10-9-21-19(25)26-3)14-6-4-13(5-7-14)17-22-16-8-11-28-12-15(16)18(24)23-17/h4-7H,8-12H2,1-3H3,(H,21,25)(H,22,23,24). The van der Waals surface area contributed by atoms with Crippen LogP contribution < -0.4 is 10.9 Å². The van der Waals surface area contributed by atoms with E-state index < -0.39 is 11.7 Å². The van der Waals surface area contributed by atoms with Crippen LogP contribution in [0, 0.1) is 0 Å². The molecule has 0 aliphatic carbocycles. The average molecular weight is 404 g/mol. The summed E-state index contributed by atoms with van der Waals surface area (Å²) in [7, 11) is 1.32. The van der Waals surface area contributed by atoms with Gasteiger partial charge in [-0.3, -0.25) is 4.79 Å². The molecule has 3 rings (SSSR count). The number of amides is 1. The monoisotopic (exact) mass is 403 g/mol. The van der Waals surface area contributed by atoms with Crippen LogP contribution in [0.15, 0.2) is 29.1 Å². The van der Waals surface area contributed by atoms with Gasteiger partial charge in [-0.15, -0.1) is 0 Å². The van der Waals surface area contributed by atoms with Crippen molar-refractivity contribution < 1.29 is 14.3 Å². The third-order valence-corrected chi connectivity index (χ3v) is 5.69. The minimum absolute atomic E-state index is 0.0435. The van der Waals surface area contributed by atoms with Crippen molar-refractivity contribution >= 4 is 17.9 Å². The van der Waals surface area contributed by atoms with Gasteiger partial charge in [0.25, 0.3) is 5.56 Å². The third-order valence-electron chi connectivity index (χ3n) is 4.70. The molecule has 0 saturated heterocycles. The van der Waals surface area contributed by atoms with Gasteiger partial charge in [0.05, 0.1) is 25.0 Å². The Balaban J connectivity index is 1.70. The number of alkyl carbamates (subject to hydrolysis) is 1. The van der Waals surface area contributed by atoms with E-state index in [1.165, 1.54) is 7.11 Å². The van der Waals surface area contributed by atoms with E-state index in [4.69, 9.17) is 4.74 Å². The normalized spacial score (nSPS) is 13.7. The van der Waals surface area contributed by atoms with Gasteiger partial charge in [-0.1, -0.05) is 24.3 Å². The first-order chi connectivity index (χ1) is 13.4. The van der Waals surface area contributed by atoms with Gasteiger partial charge in [-0.25, -0.2) is 9.78 Å². The molecule has 8 heteroatoms. The third kappa shape index (κ3) is 4.74. The first kappa shape index (κ1) is 20.4. The Morgan fingerprint density at radius 1 is 1.32 bits per heavy atom. The van der Waals surface area contributed by atoms with E-state index in [1.807, 2.05) is 38.1 Å². The molecule has 0 bridgehead atoms. The summed E-state index contributed by atoms with van der Waals surface area (Å²) in [6.07, 6.45) is 0.353. The minimum atomic E-state index is -0.524. The van der Waals surface area contributed by atoms with E-state index in [2.05, 4.69) is 20.0 Å². The summed E-state index contributed by atoms with van der Waals surface area (Å²) < 4.78 is 10.4. The van der Waals surface area contributed by atoms with Crippen LogP contribution in [-0.4, -0.2) is 42.1 Å². The summed E-state index contributed by atoms with van der Waals surface area (Å²) >= 11 is 1.76. The molecule has 1 aliphatic heterocycles. The number of H-pyrrole nitrogens is 1. The highest BCUT2D eigenvalue weighted by Crippen LogP contribution is 2.27. The second-order valence-corrected chi connectivity index (χ2v) is 8.10. The number of hydrogen-bond donors (Lipinski definition) is 2. The highest BCUT2D eigenvalue weighted by Gasteiger charge is 2.22. The van der Waals surface area contributed by atoms with Crippen molar-refractivity contribution in [3.8, 4) is 11.4 Å². The van der Waals surface area contributed by atoms with E-state index in [1.54, 1.807) is 11.8 Å². The Kier molecular flexibility index (Phi) is 6.41. The summed E-state index contributed by atoms with van der Waals surface area (Å²) in [4.78, 5) is 31.0. The number of aromatic nitrogens is 2. The van der Waals surface area contributed by atoms with Crippen molar-refractivity contribution in [1.82, 2.24) is 15.3 Å². The summed E-state index contributed by atoms with van der Waals surface area (Å²) in [6, 6.07) is 7.82. The van der Waals surface area contributed by atoms with Crippen LogP contribution in [0.4, 0.5) is 4.79 Å². The van der Waals surface area contributed by atoms with Gasteiger partial charge in [-0.2, -0.15) is 11.8 Å². The van der Waals surface area contributed by atoms with Crippen molar-refractivity contribution in [2.24, 2.45) is 0 Å². The van der Waals surface area contributed by atoms with Gasteiger partial charge in [0.15, 0.2) is 0 Å². The second-order valence-electron chi connectivity index (χ2n) is 7.00. The predicted molar refractivity (Wildman–Crippen MR) is 110 cm³/mol. The molecule has 150 valence electrons. The van der Waals surface area contributed by atoms with Gasteiger partial charge in [0.2, 0.25) is 0 Å². The van der Waals surface area contributed by atoms with E-state index in [0.717, 1.165) is 40.3 Å². The Labute approximate surface area is 168 Å². The first-order valence-corrected chi connectivity index (χ1v) is 10.3. The molecule has 2 heterocycles. The van der Waals surface area contributed by atoms with Gasteiger partial charge in [0, 0.05) is 23.4 Å². The highest BCUT2D eigenvalue weighted by molar-refractivity contribution is 7.98. The molecule has 0 unspecified atom stereocenters. The number of benzene rings is 1. The lowest BCUT2D eigenvalue weighted by atomic mass is 9.96. The Morgan fingerprint density at radius 2 is 2.07 bits per heavy atom. The molecule has 28 heavy (non-hydrogen) atoms. The maximum Gasteiger partial charge on any atom is 0.406 e. The van der Waals surface area contributed by atoms with E-state index >= 15 is 0 Å². The molecule has 1 aromatic carbocycles. The van der Waals surface area contributed by atoms with Crippen molar-refractivity contribution in [1.29, 1.82) is 0 Å². The van der Waals surface area contributed by atoms with Gasteiger partial charge < -0.3 is 19.8 Å². The van der Waals surface area contributed by atoms with E-state index in [-0.39, 0.29) is 5.56 Å². The van der Waals surface area contributed by atoms with E-state index in [0.29, 0.717) is 19.0 Å². The molecule has 0 spiro atoms. The minimum Gasteiger partial charge on any atom is -0.453 e. The maximum absolute atomic E-state index is 12.3. The zero-order chi connectivity index (χ0) is 20.1. The SMILES string of the molecule is COC(=O)NCCOC(C)(C)c1ccc(-c2nc3c(c(=O)[nH]2)CSCC3)cc1. The molecule has 1 aromatic heterocycles. The summed E-state index contributed by atoms with van der Waals surface area (Å²) in [5.74, 6) is 2.33. The highest BCUT2D eigenvalue weighted by atomic mass is 32.2. The van der Waals surface area contributed by atoms with Crippen molar-refractivity contribution in [2.75, 3.05) is 26.0 Å². The number of nitrogens with zero attached hydrogens (tertiary/aromatic N) is 1. The number of thioether (sulfide) groups is 1. The molecule has 0 atom stereocenters. The van der Waals surface area contributed by atoms with E-state index in [9.17, 15) is 9.59 Å². The fourth-order valence-corrected chi connectivity index (χ4v) is 4.01. The number of fused-ring (bicyclic) bond motifs is 1. The lowest BCUT2D eigenvalue weighted by Crippen LogP contribution is -2.30. The number of hydrogen-bond acceptors (Lipinski definition) is 6. The Hall–Kier alpha value is -2.32. The van der Waals surface area contributed by atoms with Crippen LogP contribution in [0.1, 0.15) is 30.7 Å². The Morgan fingerprint density at radius 3 is 2.79 bits per heavy atom. The van der Waals surface area contributed by atoms with Crippen LogP contribution in [0.3, 0.4) is 0 Å². The lowest BCUT2D eigenvalue weighted by Gasteiger charge is -2.26. The lowest BCUT2D eigenvalue weighted by molar-refractivity contribution is -0.0195. The summed E-state index contributed by atoms with van der Waals surface area (Å²) in [5, 5.41) is 2.59. The first-order valence-electron chi connectivity index (χ1n) is 9.17. The topological polar surface area (TPSA) is 93.3 Å². The fraction of sp³-hybridized carbons (Fsp3) is 0.450. The molecule has 1 amide bonds. The predicted octanol–water partition coefficient (Wildman–Crippen LogP) is 2.83. The number of methoxy groups -OCH3 is 1. The average Bonchev–Trinajstić information content (AvgIpc) is 2.71. The number of nitrogens with one attached hydrogen (secondary N) is 2. The van der Waals surface area contributed by atoms with Crippen LogP contribution in [0.5, 0.6) is 0 Å². The molecule has 0 fully saturated rings. The summed E-state index contributed by atoms with van der Waals surface area (Å²) in [6.45, 7) is 4.67. The molecule has 7 nitrogen and oxygen atoms in total. The van der Waals surface area contributed by atoms with Crippen molar-refractivity contribution in [3.05, 3.63) is 51.4 Å². The Bertz CT molecular complexity index is 893. The van der Waals surface area contributed by atoms with Crippen molar-refractivity contribution in [3.63, 3.8) is 0 Å². The number of rotatable bonds is 6. The molecule has 0 radical (unpaired) electrons. The number of aromatic amines is 1. The van der Waals surface area contributed by atoms with Crippen LogP contribution in [0.2, 0.25) is 0 Å². The zero-order valence-corrected chi connectivity index (χ0v) is 17.1. The molecule has 1 aliphatic rings.